The van der Waals surface area contributed by atoms with E-state index in [1.54, 1.807) is 24.9 Å². The van der Waals surface area contributed by atoms with Crippen LogP contribution in [-0.2, 0) is 4.79 Å². The molecule has 1 aromatic rings. The number of carbonyl (C=O) groups is 1. The number of nitro groups is 1. The van der Waals surface area contributed by atoms with E-state index in [-0.39, 0.29) is 23.0 Å². The summed E-state index contributed by atoms with van der Waals surface area (Å²) in [7, 11) is 3.20. The Morgan fingerprint density at radius 3 is 2.60 bits per heavy atom. The quantitative estimate of drug-likeness (QED) is 0.252. The predicted molar refractivity (Wildman–Crippen MR) is 119 cm³/mol. The maximum Gasteiger partial charge on any atom is 0.315 e. The first-order valence-corrected chi connectivity index (χ1v) is 10.4. The van der Waals surface area contributed by atoms with Gasteiger partial charge in [0.1, 0.15) is 0 Å². The zero-order valence-corrected chi connectivity index (χ0v) is 18.9. The first kappa shape index (κ1) is 23.6. The molecule has 164 valence electrons. The number of methoxy groups -OCH3 is 1. The van der Waals surface area contributed by atoms with Crippen molar-refractivity contribution in [3.8, 4) is 11.5 Å². The second-order valence-electron chi connectivity index (χ2n) is 7.23. The van der Waals surface area contributed by atoms with E-state index in [2.05, 4.69) is 12.2 Å². The van der Waals surface area contributed by atoms with Crippen molar-refractivity contribution in [3.05, 3.63) is 39.1 Å². The summed E-state index contributed by atoms with van der Waals surface area (Å²) in [5, 5.41) is 15.3. The summed E-state index contributed by atoms with van der Waals surface area (Å²) >= 11 is 5.37. The van der Waals surface area contributed by atoms with Crippen molar-refractivity contribution < 1.29 is 19.2 Å². The first-order valence-electron chi connectivity index (χ1n) is 9.97. The lowest BCUT2D eigenvalue weighted by molar-refractivity contribution is -0.386. The highest BCUT2D eigenvalue weighted by Gasteiger charge is 2.33. The van der Waals surface area contributed by atoms with Gasteiger partial charge in [0.15, 0.2) is 16.6 Å². The molecule has 1 unspecified atom stereocenters. The maximum absolute atomic E-state index is 12.4. The molecule has 0 aliphatic carbocycles. The normalized spacial score (nSPS) is 16.4. The van der Waals surface area contributed by atoms with Gasteiger partial charge in [0.05, 0.1) is 24.7 Å². The molecule has 2 rings (SSSR count). The Hall–Kier alpha value is -2.68. The second-order valence-corrected chi connectivity index (χ2v) is 7.62. The maximum atomic E-state index is 12.4. The van der Waals surface area contributed by atoms with E-state index in [4.69, 9.17) is 21.7 Å². The second kappa shape index (κ2) is 10.4. The Morgan fingerprint density at radius 1 is 1.33 bits per heavy atom. The first-order chi connectivity index (χ1) is 14.2. The summed E-state index contributed by atoms with van der Waals surface area (Å²) in [6, 6.07) is 2.47. The monoisotopic (exact) mass is 435 g/mol. The molecular formula is C21H29N3O5S. The number of allylic oxidation sites excluding steroid dienone is 1. The molecule has 1 aliphatic rings. The number of rotatable bonds is 10. The number of nitrogens with one attached hydrogen (secondary N) is 1. The predicted octanol–water partition coefficient (Wildman–Crippen LogP) is 4.29. The standard InChI is InChI=1S/C21H29N3O5S/c1-6-7-8-9-10-29-20-16(24(26)27)11-15(12-17(20)28-5)19-18(14(3)25)13(2)23(4)21(30)22-19/h11-12,19H,6-10H2,1-5H3,(H,22,30). The van der Waals surface area contributed by atoms with Crippen molar-refractivity contribution in [2.75, 3.05) is 20.8 Å². The van der Waals surface area contributed by atoms with Gasteiger partial charge >= 0.3 is 5.69 Å². The number of nitro benzene ring substituents is 1. The van der Waals surface area contributed by atoms with Gasteiger partial charge in [-0.1, -0.05) is 26.2 Å². The van der Waals surface area contributed by atoms with Crippen LogP contribution in [0.4, 0.5) is 5.69 Å². The van der Waals surface area contributed by atoms with Crippen LogP contribution in [0.25, 0.3) is 0 Å². The van der Waals surface area contributed by atoms with Crippen LogP contribution in [0, 0.1) is 10.1 Å². The number of carbonyl (C=O) groups excluding carboxylic acids is 1. The molecule has 1 heterocycles. The lowest BCUT2D eigenvalue weighted by Gasteiger charge is -2.35. The van der Waals surface area contributed by atoms with Crippen molar-refractivity contribution in [2.45, 2.75) is 52.5 Å². The Labute approximate surface area is 182 Å². The van der Waals surface area contributed by atoms with Gasteiger partial charge in [-0.05, 0) is 44.1 Å². The van der Waals surface area contributed by atoms with E-state index in [9.17, 15) is 14.9 Å². The van der Waals surface area contributed by atoms with Crippen LogP contribution >= 0.6 is 12.2 Å². The fourth-order valence-corrected chi connectivity index (χ4v) is 3.71. The topological polar surface area (TPSA) is 93.9 Å². The summed E-state index contributed by atoms with van der Waals surface area (Å²) in [5.41, 5.74) is 1.51. The number of hydrogen-bond donors (Lipinski definition) is 1. The minimum atomic E-state index is -0.614. The number of nitrogens with zero attached hydrogens (tertiary/aromatic N) is 2. The molecule has 0 spiro atoms. The molecule has 0 fully saturated rings. The number of unbranched alkanes of at least 4 members (excludes halogenated alkanes) is 3. The third kappa shape index (κ3) is 5.08. The van der Waals surface area contributed by atoms with Gasteiger partial charge in [-0.3, -0.25) is 14.9 Å². The number of ketones is 1. The van der Waals surface area contributed by atoms with E-state index in [0.29, 0.717) is 28.6 Å². The van der Waals surface area contributed by atoms with Crippen LogP contribution in [0.1, 0.15) is 58.1 Å². The highest BCUT2D eigenvalue weighted by Crippen LogP contribution is 2.42. The minimum Gasteiger partial charge on any atom is -0.493 e. The van der Waals surface area contributed by atoms with Gasteiger partial charge in [0.2, 0.25) is 5.75 Å². The highest BCUT2D eigenvalue weighted by molar-refractivity contribution is 7.80. The summed E-state index contributed by atoms with van der Waals surface area (Å²) in [6.07, 6.45) is 3.97. The summed E-state index contributed by atoms with van der Waals surface area (Å²) in [6.45, 7) is 5.75. The molecule has 0 amide bonds. The van der Waals surface area contributed by atoms with Gasteiger partial charge in [-0.15, -0.1) is 0 Å². The van der Waals surface area contributed by atoms with Crippen molar-refractivity contribution in [1.82, 2.24) is 10.2 Å². The zero-order valence-electron chi connectivity index (χ0n) is 18.1. The fourth-order valence-electron chi connectivity index (χ4n) is 3.45. The van der Waals surface area contributed by atoms with Gasteiger partial charge in [0, 0.05) is 24.4 Å². The molecule has 1 atom stereocenters. The summed E-state index contributed by atoms with van der Waals surface area (Å²) in [5.74, 6) is 0.211. The number of hydrogen-bond acceptors (Lipinski definition) is 6. The Balaban J connectivity index is 2.49. The fraction of sp³-hybridized carbons (Fsp3) is 0.524. The van der Waals surface area contributed by atoms with Crippen molar-refractivity contribution in [2.24, 2.45) is 0 Å². The Kier molecular flexibility index (Phi) is 8.16. The van der Waals surface area contributed by atoms with Gasteiger partial charge < -0.3 is 19.7 Å². The highest BCUT2D eigenvalue weighted by atomic mass is 32.1. The lowest BCUT2D eigenvalue weighted by atomic mass is 9.92. The molecule has 1 aliphatic heterocycles. The lowest BCUT2D eigenvalue weighted by Crippen LogP contribution is -2.45. The molecule has 0 aromatic heterocycles. The van der Waals surface area contributed by atoms with Crippen molar-refractivity contribution in [1.29, 1.82) is 0 Å². The van der Waals surface area contributed by atoms with E-state index in [1.165, 1.54) is 20.1 Å². The molecule has 0 saturated heterocycles. The van der Waals surface area contributed by atoms with E-state index in [1.807, 2.05) is 0 Å². The number of thiocarbonyl (C=S) groups is 1. The molecule has 0 radical (unpaired) electrons. The Morgan fingerprint density at radius 2 is 2.03 bits per heavy atom. The molecule has 1 N–H and O–H groups in total. The molecule has 30 heavy (non-hydrogen) atoms. The average Bonchev–Trinajstić information content (AvgIpc) is 2.70. The van der Waals surface area contributed by atoms with Crippen LogP contribution in [0.3, 0.4) is 0 Å². The molecule has 0 bridgehead atoms. The van der Waals surface area contributed by atoms with E-state index < -0.39 is 11.0 Å². The number of ether oxygens (including phenoxy) is 2. The van der Waals surface area contributed by atoms with E-state index >= 15 is 0 Å². The van der Waals surface area contributed by atoms with Crippen LogP contribution < -0.4 is 14.8 Å². The molecule has 1 aromatic carbocycles. The molecule has 0 saturated carbocycles. The third-order valence-electron chi connectivity index (χ3n) is 5.19. The van der Waals surface area contributed by atoms with Crippen LogP contribution in [0.5, 0.6) is 11.5 Å². The van der Waals surface area contributed by atoms with Gasteiger partial charge in [-0.2, -0.15) is 0 Å². The van der Waals surface area contributed by atoms with Gasteiger partial charge in [0.25, 0.3) is 0 Å². The van der Waals surface area contributed by atoms with Gasteiger partial charge in [-0.25, -0.2) is 0 Å². The van der Waals surface area contributed by atoms with Crippen LogP contribution in [0.2, 0.25) is 0 Å². The SMILES string of the molecule is CCCCCCOc1c(OC)cc(C2NC(=S)N(C)C(C)=C2C(C)=O)cc1[N+](=O)[O-]. The molecular weight excluding hydrogens is 406 g/mol. The molecule has 8 nitrogen and oxygen atoms in total. The Bertz CT molecular complexity index is 868. The van der Waals surface area contributed by atoms with Crippen molar-refractivity contribution in [3.63, 3.8) is 0 Å². The zero-order chi connectivity index (χ0) is 22.4. The minimum absolute atomic E-state index is 0.100. The number of benzene rings is 1. The van der Waals surface area contributed by atoms with E-state index in [0.717, 1.165) is 25.7 Å². The third-order valence-corrected chi connectivity index (χ3v) is 5.58. The average molecular weight is 436 g/mol. The van der Waals surface area contributed by atoms with Crippen molar-refractivity contribution >= 4 is 28.8 Å². The number of Topliss-reactive ketones (excluding diaryl/α,β-unsaturated/α-hetero) is 1. The molecule has 9 heteroatoms. The summed E-state index contributed by atoms with van der Waals surface area (Å²) < 4.78 is 11.2. The van der Waals surface area contributed by atoms with Crippen LogP contribution in [0.15, 0.2) is 23.4 Å². The smallest absolute Gasteiger partial charge is 0.315 e. The largest absolute Gasteiger partial charge is 0.493 e. The summed E-state index contributed by atoms with van der Waals surface area (Å²) in [4.78, 5) is 25.4. The van der Waals surface area contributed by atoms with Crippen LogP contribution in [-0.4, -0.2) is 41.5 Å².